The minimum atomic E-state index is -0.172. The van der Waals surface area contributed by atoms with Gasteiger partial charge in [-0.3, -0.25) is 4.79 Å². The number of hydrogen-bond acceptors (Lipinski definition) is 2. The highest BCUT2D eigenvalue weighted by Crippen LogP contribution is 2.25. The molecule has 18 heavy (non-hydrogen) atoms. The van der Waals surface area contributed by atoms with Crippen LogP contribution in [0.1, 0.15) is 38.3 Å². The van der Waals surface area contributed by atoms with Crippen molar-refractivity contribution in [3.63, 3.8) is 0 Å². The summed E-state index contributed by atoms with van der Waals surface area (Å²) in [5.41, 5.74) is 2.11. The van der Waals surface area contributed by atoms with E-state index >= 15 is 0 Å². The van der Waals surface area contributed by atoms with E-state index in [2.05, 4.69) is 11.4 Å². The Labute approximate surface area is 109 Å². The lowest BCUT2D eigenvalue weighted by Gasteiger charge is -2.21. The van der Waals surface area contributed by atoms with Crippen LogP contribution in [0.2, 0.25) is 0 Å². The summed E-state index contributed by atoms with van der Waals surface area (Å²) in [6.45, 7) is 6.78. The molecule has 0 aromatic heterocycles. The Kier molecular flexibility index (Phi) is 3.60. The molecule has 1 amide bonds. The quantitative estimate of drug-likeness (QED) is 0.872. The third-order valence-corrected chi connectivity index (χ3v) is 2.85. The van der Waals surface area contributed by atoms with Gasteiger partial charge >= 0.3 is 0 Å². The first kappa shape index (κ1) is 12.9. The molecule has 1 aliphatic heterocycles. The Balaban J connectivity index is 2.04. The van der Waals surface area contributed by atoms with Gasteiger partial charge in [0.15, 0.2) is 0 Å². The largest absolute Gasteiger partial charge is 0.493 e. The van der Waals surface area contributed by atoms with Crippen LogP contribution in [-0.4, -0.2) is 18.1 Å². The van der Waals surface area contributed by atoms with E-state index in [0.717, 1.165) is 30.8 Å². The van der Waals surface area contributed by atoms with Crippen molar-refractivity contribution in [2.24, 2.45) is 0 Å². The number of benzene rings is 1. The molecule has 0 atom stereocenters. The number of fused-ring (bicyclic) bond motifs is 1. The van der Waals surface area contributed by atoms with Gasteiger partial charge in [-0.15, -0.1) is 0 Å². The van der Waals surface area contributed by atoms with E-state index in [1.165, 1.54) is 5.56 Å². The lowest BCUT2D eigenvalue weighted by atomic mass is 10.0. The average molecular weight is 247 g/mol. The number of carbonyl (C=O) groups is 1. The second kappa shape index (κ2) is 5.01. The van der Waals surface area contributed by atoms with Crippen LogP contribution in [0, 0.1) is 0 Å². The van der Waals surface area contributed by atoms with E-state index in [4.69, 9.17) is 4.74 Å². The van der Waals surface area contributed by atoms with E-state index in [-0.39, 0.29) is 11.4 Å². The van der Waals surface area contributed by atoms with Crippen LogP contribution in [-0.2, 0) is 17.6 Å². The second-order valence-electron chi connectivity index (χ2n) is 5.87. The topological polar surface area (TPSA) is 38.3 Å². The smallest absolute Gasteiger partial charge is 0.224 e. The van der Waals surface area contributed by atoms with Crippen LogP contribution in [0.4, 0.5) is 0 Å². The summed E-state index contributed by atoms with van der Waals surface area (Å²) in [7, 11) is 0. The zero-order chi connectivity index (χ0) is 13.2. The molecule has 1 heterocycles. The first-order chi connectivity index (χ1) is 8.44. The summed E-state index contributed by atoms with van der Waals surface area (Å²) in [6.07, 6.45) is 2.54. The summed E-state index contributed by atoms with van der Waals surface area (Å²) < 4.78 is 5.56. The molecule has 3 nitrogen and oxygen atoms in total. The molecule has 0 radical (unpaired) electrons. The average Bonchev–Trinajstić information content (AvgIpc) is 2.26. The maximum Gasteiger partial charge on any atom is 0.224 e. The summed E-state index contributed by atoms with van der Waals surface area (Å²) in [6, 6.07) is 6.05. The molecular formula is C15H21NO2. The maximum absolute atomic E-state index is 11.9. The molecule has 0 aliphatic carbocycles. The van der Waals surface area contributed by atoms with Crippen molar-refractivity contribution >= 4 is 5.91 Å². The molecule has 2 rings (SSSR count). The summed E-state index contributed by atoms with van der Waals surface area (Å²) >= 11 is 0. The number of nitrogens with one attached hydrogen (secondary N) is 1. The van der Waals surface area contributed by atoms with Crippen LogP contribution in [0.25, 0.3) is 0 Å². The fourth-order valence-corrected chi connectivity index (χ4v) is 2.17. The highest BCUT2D eigenvalue weighted by atomic mass is 16.5. The third-order valence-electron chi connectivity index (χ3n) is 2.85. The summed E-state index contributed by atoms with van der Waals surface area (Å²) in [4.78, 5) is 11.9. The van der Waals surface area contributed by atoms with Gasteiger partial charge in [-0.25, -0.2) is 0 Å². The minimum absolute atomic E-state index is 0.0687. The van der Waals surface area contributed by atoms with Gasteiger partial charge in [0.2, 0.25) is 5.91 Å². The molecule has 0 unspecified atom stereocenters. The monoisotopic (exact) mass is 247 g/mol. The predicted molar refractivity (Wildman–Crippen MR) is 71.9 cm³/mol. The first-order valence-electron chi connectivity index (χ1n) is 6.50. The fourth-order valence-electron chi connectivity index (χ4n) is 2.17. The number of ether oxygens (including phenoxy) is 1. The molecule has 3 heteroatoms. The van der Waals surface area contributed by atoms with E-state index in [9.17, 15) is 4.79 Å². The fraction of sp³-hybridized carbons (Fsp3) is 0.533. The summed E-state index contributed by atoms with van der Waals surface area (Å²) in [5.74, 6) is 1.04. The zero-order valence-corrected chi connectivity index (χ0v) is 11.4. The molecular weight excluding hydrogens is 226 g/mol. The lowest BCUT2D eigenvalue weighted by molar-refractivity contribution is -0.121. The molecule has 0 fully saturated rings. The van der Waals surface area contributed by atoms with E-state index in [1.807, 2.05) is 32.9 Å². The molecule has 1 aromatic rings. The van der Waals surface area contributed by atoms with Crippen LogP contribution in [0.3, 0.4) is 0 Å². The number of aryl methyl sites for hydroxylation is 1. The van der Waals surface area contributed by atoms with E-state index in [0.29, 0.717) is 6.42 Å². The normalized spacial score (nSPS) is 14.6. The molecule has 0 bridgehead atoms. The molecule has 98 valence electrons. The number of hydrogen-bond donors (Lipinski definition) is 1. The Morgan fingerprint density at radius 2 is 2.17 bits per heavy atom. The van der Waals surface area contributed by atoms with Crippen LogP contribution in [0.15, 0.2) is 18.2 Å². The predicted octanol–water partition coefficient (Wildman–Crippen LogP) is 2.47. The highest BCUT2D eigenvalue weighted by Gasteiger charge is 2.15. The third kappa shape index (κ3) is 3.49. The molecule has 1 aliphatic rings. The number of rotatable bonds is 2. The van der Waals surface area contributed by atoms with Gasteiger partial charge in [-0.05, 0) is 50.8 Å². The van der Waals surface area contributed by atoms with E-state index < -0.39 is 0 Å². The van der Waals surface area contributed by atoms with Crippen LogP contribution in [0.5, 0.6) is 5.75 Å². The number of amides is 1. The second-order valence-corrected chi connectivity index (χ2v) is 5.87. The standard InChI is InChI=1S/C15H21NO2/c1-15(2,3)16-14(17)10-11-6-7-13-12(9-11)5-4-8-18-13/h6-7,9H,4-5,8,10H2,1-3H3,(H,16,17). The van der Waals surface area contributed by atoms with Gasteiger partial charge in [0.05, 0.1) is 13.0 Å². The van der Waals surface area contributed by atoms with Crippen molar-refractivity contribution in [1.29, 1.82) is 0 Å². The van der Waals surface area contributed by atoms with Gasteiger partial charge in [0.25, 0.3) is 0 Å². The van der Waals surface area contributed by atoms with Crippen molar-refractivity contribution in [3.05, 3.63) is 29.3 Å². The zero-order valence-electron chi connectivity index (χ0n) is 11.4. The van der Waals surface area contributed by atoms with Gasteiger partial charge in [-0.1, -0.05) is 12.1 Å². The van der Waals surface area contributed by atoms with Gasteiger partial charge < -0.3 is 10.1 Å². The number of carbonyl (C=O) groups excluding carboxylic acids is 1. The first-order valence-corrected chi connectivity index (χ1v) is 6.50. The van der Waals surface area contributed by atoms with Gasteiger partial charge in [0.1, 0.15) is 5.75 Å². The minimum Gasteiger partial charge on any atom is -0.493 e. The van der Waals surface area contributed by atoms with Crippen molar-refractivity contribution in [3.8, 4) is 5.75 Å². The Morgan fingerprint density at radius 1 is 1.39 bits per heavy atom. The maximum atomic E-state index is 11.9. The van der Waals surface area contributed by atoms with Gasteiger partial charge in [-0.2, -0.15) is 0 Å². The molecule has 1 N–H and O–H groups in total. The Bertz CT molecular complexity index is 446. The molecule has 1 aromatic carbocycles. The highest BCUT2D eigenvalue weighted by molar-refractivity contribution is 5.79. The molecule has 0 saturated carbocycles. The van der Waals surface area contributed by atoms with Crippen LogP contribution < -0.4 is 10.1 Å². The van der Waals surface area contributed by atoms with E-state index in [1.54, 1.807) is 0 Å². The van der Waals surface area contributed by atoms with Gasteiger partial charge in [0, 0.05) is 5.54 Å². The Hall–Kier alpha value is -1.51. The van der Waals surface area contributed by atoms with Crippen molar-refractivity contribution < 1.29 is 9.53 Å². The lowest BCUT2D eigenvalue weighted by Crippen LogP contribution is -2.41. The molecule has 0 spiro atoms. The summed E-state index contributed by atoms with van der Waals surface area (Å²) in [5, 5.41) is 2.98. The van der Waals surface area contributed by atoms with Crippen molar-refractivity contribution in [1.82, 2.24) is 5.32 Å². The molecule has 0 saturated heterocycles. The van der Waals surface area contributed by atoms with Crippen molar-refractivity contribution in [2.75, 3.05) is 6.61 Å². The Morgan fingerprint density at radius 3 is 2.89 bits per heavy atom. The van der Waals surface area contributed by atoms with Crippen LogP contribution >= 0.6 is 0 Å². The van der Waals surface area contributed by atoms with Crippen molar-refractivity contribution in [2.45, 2.75) is 45.6 Å². The SMILES string of the molecule is CC(C)(C)NC(=O)Cc1ccc2c(c1)CCCO2.